The average molecular weight is 312 g/mol. The van der Waals surface area contributed by atoms with E-state index >= 15 is 0 Å². The first-order valence-corrected chi connectivity index (χ1v) is 7.12. The molecule has 1 saturated carbocycles. The molecule has 0 aliphatic heterocycles. The van der Waals surface area contributed by atoms with E-state index < -0.39 is 0 Å². The van der Waals surface area contributed by atoms with Gasteiger partial charge in [0.05, 0.1) is 6.04 Å². The van der Waals surface area contributed by atoms with Crippen molar-refractivity contribution in [1.82, 2.24) is 0 Å². The molecule has 0 aromatic heterocycles. The van der Waals surface area contributed by atoms with Crippen molar-refractivity contribution in [2.45, 2.75) is 31.7 Å². The number of phenolic OH excluding ortho intramolecular Hbond substituents is 1. The van der Waals surface area contributed by atoms with Gasteiger partial charge in [-0.1, -0.05) is 28.8 Å². The summed E-state index contributed by atoms with van der Waals surface area (Å²) in [6.45, 7) is 0.201. The number of aromatic hydroxyl groups is 1. The normalized spacial score (nSPS) is 24.6. The second-order valence-electron chi connectivity index (χ2n) is 4.78. The van der Waals surface area contributed by atoms with Gasteiger partial charge in [0.1, 0.15) is 5.75 Å². The van der Waals surface area contributed by atoms with E-state index in [-0.39, 0.29) is 24.3 Å². The predicted octanol–water partition coefficient (Wildman–Crippen LogP) is 3.12. The van der Waals surface area contributed by atoms with E-state index in [1.54, 1.807) is 18.3 Å². The molecule has 3 nitrogen and oxygen atoms in total. The zero-order chi connectivity index (χ0) is 13.0. The molecular formula is C14H18BrNO2. The van der Waals surface area contributed by atoms with Crippen LogP contribution in [0.5, 0.6) is 5.75 Å². The average Bonchev–Trinajstić information content (AvgIpc) is 2.40. The van der Waals surface area contributed by atoms with Crippen LogP contribution in [0.2, 0.25) is 0 Å². The first kappa shape index (κ1) is 13.6. The lowest BCUT2D eigenvalue weighted by molar-refractivity contribution is 0.172. The first-order chi connectivity index (χ1) is 8.70. The number of hydrogen-bond acceptors (Lipinski definition) is 3. The van der Waals surface area contributed by atoms with Crippen LogP contribution >= 0.6 is 15.9 Å². The van der Waals surface area contributed by atoms with Crippen molar-refractivity contribution < 1.29 is 10.2 Å². The molecule has 1 aliphatic rings. The Bertz CT molecular complexity index is 434. The van der Waals surface area contributed by atoms with Gasteiger partial charge in [0.2, 0.25) is 0 Å². The number of nitrogens with zero attached hydrogens (tertiary/aromatic N) is 1. The van der Waals surface area contributed by atoms with Crippen LogP contribution in [-0.4, -0.2) is 29.1 Å². The summed E-state index contributed by atoms with van der Waals surface area (Å²) in [5.74, 6) is 0.502. The van der Waals surface area contributed by atoms with Crippen LogP contribution in [0.1, 0.15) is 31.2 Å². The molecule has 1 aromatic carbocycles. The highest BCUT2D eigenvalue weighted by molar-refractivity contribution is 9.10. The Hall–Kier alpha value is -0.870. The predicted molar refractivity (Wildman–Crippen MR) is 76.2 cm³/mol. The summed E-state index contributed by atoms with van der Waals surface area (Å²) in [4.78, 5) is 4.54. The van der Waals surface area contributed by atoms with Gasteiger partial charge in [0, 0.05) is 28.8 Å². The van der Waals surface area contributed by atoms with Gasteiger partial charge in [-0.25, -0.2) is 0 Å². The van der Waals surface area contributed by atoms with Gasteiger partial charge < -0.3 is 10.2 Å². The van der Waals surface area contributed by atoms with Gasteiger partial charge in [0.15, 0.2) is 0 Å². The molecule has 0 radical (unpaired) electrons. The Kier molecular flexibility index (Phi) is 4.78. The lowest BCUT2D eigenvalue weighted by atomic mass is 9.85. The SMILES string of the molecule is OC[C@H]1CCCC[C@@H]1N=Cc1cc(Br)ccc1O. The molecule has 2 atom stereocenters. The van der Waals surface area contributed by atoms with Gasteiger partial charge in [-0.05, 0) is 31.0 Å². The Labute approximate surface area is 116 Å². The number of phenols is 1. The number of aliphatic imine (C=N–C) groups is 1. The minimum absolute atomic E-state index is 0.183. The summed E-state index contributed by atoms with van der Waals surface area (Å²) < 4.78 is 0.920. The van der Waals surface area contributed by atoms with Gasteiger partial charge in [-0.15, -0.1) is 0 Å². The van der Waals surface area contributed by atoms with Crippen molar-refractivity contribution >= 4 is 22.1 Å². The lowest BCUT2D eigenvalue weighted by Gasteiger charge is -2.26. The summed E-state index contributed by atoms with van der Waals surface area (Å²) in [5.41, 5.74) is 0.714. The smallest absolute Gasteiger partial charge is 0.124 e. The monoisotopic (exact) mass is 311 g/mol. The number of hydrogen-bond donors (Lipinski definition) is 2. The lowest BCUT2D eigenvalue weighted by Crippen LogP contribution is -2.26. The van der Waals surface area contributed by atoms with Crippen molar-refractivity contribution in [3.8, 4) is 5.75 Å². The van der Waals surface area contributed by atoms with Gasteiger partial charge in [-0.2, -0.15) is 0 Å². The quantitative estimate of drug-likeness (QED) is 0.843. The molecule has 18 heavy (non-hydrogen) atoms. The van der Waals surface area contributed by atoms with E-state index in [2.05, 4.69) is 20.9 Å². The Morgan fingerprint density at radius 2 is 2.11 bits per heavy atom. The van der Waals surface area contributed by atoms with Crippen molar-refractivity contribution in [3.63, 3.8) is 0 Å². The molecule has 98 valence electrons. The third kappa shape index (κ3) is 3.33. The Morgan fingerprint density at radius 1 is 1.33 bits per heavy atom. The van der Waals surface area contributed by atoms with Gasteiger partial charge in [-0.3, -0.25) is 4.99 Å². The van der Waals surface area contributed by atoms with E-state index in [9.17, 15) is 10.2 Å². The van der Waals surface area contributed by atoms with Crippen LogP contribution in [-0.2, 0) is 0 Å². The molecule has 1 aromatic rings. The molecule has 1 fully saturated rings. The number of halogens is 1. The van der Waals surface area contributed by atoms with E-state index in [1.807, 2.05) is 6.07 Å². The zero-order valence-corrected chi connectivity index (χ0v) is 11.8. The van der Waals surface area contributed by atoms with Crippen LogP contribution in [0, 0.1) is 5.92 Å². The molecule has 0 saturated heterocycles. The summed E-state index contributed by atoms with van der Waals surface area (Å²) in [7, 11) is 0. The molecule has 1 aliphatic carbocycles. The minimum atomic E-state index is 0.183. The standard InChI is InChI=1S/C14H18BrNO2/c15-12-5-6-14(18)11(7-12)8-16-13-4-2-1-3-10(13)9-17/h5-8,10,13,17-18H,1-4,9H2/t10-,13+/m1/s1. The van der Waals surface area contributed by atoms with E-state index in [1.165, 1.54) is 12.8 Å². The zero-order valence-electron chi connectivity index (χ0n) is 10.2. The molecule has 0 unspecified atom stereocenters. The first-order valence-electron chi connectivity index (χ1n) is 6.33. The number of rotatable bonds is 3. The van der Waals surface area contributed by atoms with Crippen molar-refractivity contribution in [2.24, 2.45) is 10.9 Å². The fourth-order valence-electron chi connectivity index (χ4n) is 2.40. The maximum atomic E-state index is 9.73. The summed E-state index contributed by atoms with van der Waals surface area (Å²) in [6.07, 6.45) is 6.14. The van der Waals surface area contributed by atoms with Crippen molar-refractivity contribution in [3.05, 3.63) is 28.2 Å². The molecule has 0 amide bonds. The molecule has 0 heterocycles. The van der Waals surface area contributed by atoms with Crippen molar-refractivity contribution in [2.75, 3.05) is 6.61 Å². The second kappa shape index (κ2) is 6.34. The fourth-order valence-corrected chi connectivity index (χ4v) is 2.78. The summed E-state index contributed by atoms with van der Waals surface area (Å²) in [6, 6.07) is 5.47. The van der Waals surface area contributed by atoms with E-state index in [0.717, 1.165) is 17.3 Å². The minimum Gasteiger partial charge on any atom is -0.507 e. The largest absolute Gasteiger partial charge is 0.507 e. The highest BCUT2D eigenvalue weighted by atomic mass is 79.9. The Balaban J connectivity index is 2.11. The van der Waals surface area contributed by atoms with Gasteiger partial charge >= 0.3 is 0 Å². The number of benzene rings is 1. The van der Waals surface area contributed by atoms with Gasteiger partial charge in [0.25, 0.3) is 0 Å². The molecule has 0 bridgehead atoms. The van der Waals surface area contributed by atoms with Crippen LogP contribution in [0.4, 0.5) is 0 Å². The third-order valence-electron chi connectivity index (χ3n) is 3.50. The van der Waals surface area contributed by atoms with Crippen LogP contribution in [0.25, 0.3) is 0 Å². The topological polar surface area (TPSA) is 52.8 Å². The number of aliphatic hydroxyl groups excluding tert-OH is 1. The second-order valence-corrected chi connectivity index (χ2v) is 5.69. The highest BCUT2D eigenvalue weighted by Gasteiger charge is 2.23. The van der Waals surface area contributed by atoms with Crippen LogP contribution in [0.15, 0.2) is 27.7 Å². The van der Waals surface area contributed by atoms with Crippen molar-refractivity contribution in [1.29, 1.82) is 0 Å². The van der Waals surface area contributed by atoms with Crippen LogP contribution in [0.3, 0.4) is 0 Å². The summed E-state index contributed by atoms with van der Waals surface area (Å²) in [5, 5.41) is 19.1. The molecule has 4 heteroatoms. The maximum absolute atomic E-state index is 9.73. The van der Waals surface area contributed by atoms with E-state index in [4.69, 9.17) is 0 Å². The molecule has 2 N–H and O–H groups in total. The number of aliphatic hydroxyl groups is 1. The Morgan fingerprint density at radius 3 is 2.89 bits per heavy atom. The molecular weight excluding hydrogens is 294 g/mol. The highest BCUT2D eigenvalue weighted by Crippen LogP contribution is 2.27. The van der Waals surface area contributed by atoms with E-state index in [0.29, 0.717) is 5.56 Å². The molecule has 2 rings (SSSR count). The van der Waals surface area contributed by atoms with Crippen LogP contribution < -0.4 is 0 Å². The summed E-state index contributed by atoms with van der Waals surface area (Å²) >= 11 is 3.38. The fraction of sp³-hybridized carbons (Fsp3) is 0.500. The molecule has 0 spiro atoms. The maximum Gasteiger partial charge on any atom is 0.124 e. The third-order valence-corrected chi connectivity index (χ3v) is 3.99.